The van der Waals surface area contributed by atoms with Gasteiger partial charge in [-0.05, 0) is 24.1 Å². The molecule has 1 N–H and O–H groups in total. The zero-order chi connectivity index (χ0) is 16.1. The molecule has 1 atom stereocenters. The smallest absolute Gasteiger partial charge is 0.106 e. The third-order valence-electron chi connectivity index (χ3n) is 3.74. The van der Waals surface area contributed by atoms with E-state index in [1.54, 1.807) is 11.8 Å². The number of benzene rings is 2. The molecule has 1 aromatic heterocycles. The molecule has 2 aromatic carbocycles. The molecule has 0 saturated carbocycles. The second kappa shape index (κ2) is 7.44. The lowest BCUT2D eigenvalue weighted by Gasteiger charge is -2.14. The lowest BCUT2D eigenvalue weighted by molar-refractivity contribution is 0.219. The van der Waals surface area contributed by atoms with Crippen molar-refractivity contribution in [1.82, 2.24) is 4.98 Å². The first kappa shape index (κ1) is 15.8. The van der Waals surface area contributed by atoms with Crippen LogP contribution in [0.1, 0.15) is 28.5 Å². The van der Waals surface area contributed by atoms with Gasteiger partial charge in [0, 0.05) is 17.0 Å². The Bertz CT molecular complexity index is 759. The number of rotatable bonds is 5. The van der Waals surface area contributed by atoms with Gasteiger partial charge < -0.3 is 5.11 Å². The van der Waals surface area contributed by atoms with Crippen molar-refractivity contribution in [3.05, 3.63) is 95.2 Å². The Balaban J connectivity index is 1.73. The minimum Gasteiger partial charge on any atom is -0.384 e. The van der Waals surface area contributed by atoms with Crippen molar-refractivity contribution in [2.75, 3.05) is 0 Å². The molecule has 0 fully saturated rings. The van der Waals surface area contributed by atoms with Gasteiger partial charge in [-0.1, -0.05) is 66.7 Å². The quantitative estimate of drug-likeness (QED) is 0.688. The van der Waals surface area contributed by atoms with Crippen LogP contribution in [-0.2, 0) is 5.75 Å². The normalized spacial score (nSPS) is 12.1. The third-order valence-corrected chi connectivity index (χ3v) is 4.74. The van der Waals surface area contributed by atoms with Crippen LogP contribution in [0.25, 0.3) is 0 Å². The summed E-state index contributed by atoms with van der Waals surface area (Å²) >= 11 is 1.71. The van der Waals surface area contributed by atoms with Gasteiger partial charge >= 0.3 is 0 Å². The predicted molar refractivity (Wildman–Crippen MR) is 95.5 cm³/mol. The van der Waals surface area contributed by atoms with Crippen LogP contribution in [-0.4, -0.2) is 10.1 Å². The monoisotopic (exact) mass is 321 g/mol. The summed E-state index contributed by atoms with van der Waals surface area (Å²) < 4.78 is 0. The van der Waals surface area contributed by atoms with Crippen LogP contribution in [0.15, 0.2) is 77.8 Å². The summed E-state index contributed by atoms with van der Waals surface area (Å²) in [4.78, 5) is 4.64. The molecule has 0 radical (unpaired) electrons. The third kappa shape index (κ3) is 4.01. The minimum atomic E-state index is -0.628. The Labute approximate surface area is 141 Å². The summed E-state index contributed by atoms with van der Waals surface area (Å²) in [6.45, 7) is 1.95. The fraction of sp³-hybridized carbons (Fsp3) is 0.150. The molecule has 1 heterocycles. The molecule has 0 saturated heterocycles. The molecular formula is C20H19NOS. The fourth-order valence-corrected chi connectivity index (χ4v) is 3.34. The maximum Gasteiger partial charge on any atom is 0.106 e. The van der Waals surface area contributed by atoms with E-state index in [1.165, 1.54) is 5.56 Å². The van der Waals surface area contributed by atoms with Crippen molar-refractivity contribution in [3.8, 4) is 0 Å². The minimum absolute atomic E-state index is 0.628. The molecular weight excluding hydrogens is 302 g/mol. The zero-order valence-corrected chi connectivity index (χ0v) is 13.8. The van der Waals surface area contributed by atoms with Gasteiger partial charge in [0.05, 0.1) is 5.03 Å². The van der Waals surface area contributed by atoms with E-state index in [4.69, 9.17) is 0 Å². The maximum absolute atomic E-state index is 10.5. The van der Waals surface area contributed by atoms with E-state index in [0.717, 1.165) is 27.6 Å². The summed E-state index contributed by atoms with van der Waals surface area (Å²) in [6, 6.07) is 24.0. The van der Waals surface area contributed by atoms with E-state index in [-0.39, 0.29) is 0 Å². The van der Waals surface area contributed by atoms with E-state index >= 15 is 0 Å². The van der Waals surface area contributed by atoms with Gasteiger partial charge in [-0.15, -0.1) is 11.8 Å². The van der Waals surface area contributed by atoms with Crippen LogP contribution < -0.4 is 0 Å². The second-order valence-electron chi connectivity index (χ2n) is 5.41. The van der Waals surface area contributed by atoms with Crippen molar-refractivity contribution in [2.24, 2.45) is 0 Å². The Morgan fingerprint density at radius 1 is 0.913 bits per heavy atom. The molecule has 2 nitrogen and oxygen atoms in total. The van der Waals surface area contributed by atoms with Crippen molar-refractivity contribution < 1.29 is 5.11 Å². The average molecular weight is 321 g/mol. The number of aliphatic hydroxyl groups is 1. The summed E-state index contributed by atoms with van der Waals surface area (Å²) in [6.07, 6.45) is -0.628. The number of aromatic nitrogens is 1. The molecule has 0 spiro atoms. The maximum atomic E-state index is 10.5. The lowest BCUT2D eigenvalue weighted by atomic mass is 10.0. The van der Waals surface area contributed by atoms with E-state index in [1.807, 2.05) is 67.6 Å². The number of nitrogens with zero attached hydrogens (tertiary/aromatic N) is 1. The fourth-order valence-electron chi connectivity index (χ4n) is 2.46. The van der Waals surface area contributed by atoms with E-state index < -0.39 is 6.10 Å². The van der Waals surface area contributed by atoms with Crippen LogP contribution in [0.5, 0.6) is 0 Å². The van der Waals surface area contributed by atoms with Crippen molar-refractivity contribution >= 4 is 11.8 Å². The lowest BCUT2D eigenvalue weighted by Crippen LogP contribution is -2.03. The van der Waals surface area contributed by atoms with Gasteiger partial charge in [0.25, 0.3) is 0 Å². The Morgan fingerprint density at radius 3 is 2.22 bits per heavy atom. The van der Waals surface area contributed by atoms with Crippen molar-refractivity contribution in [2.45, 2.75) is 23.8 Å². The number of hydrogen-bond donors (Lipinski definition) is 1. The largest absolute Gasteiger partial charge is 0.384 e. The van der Waals surface area contributed by atoms with E-state index in [9.17, 15) is 5.11 Å². The number of thioether (sulfide) groups is 1. The predicted octanol–water partition coefficient (Wildman–Crippen LogP) is 4.76. The van der Waals surface area contributed by atoms with Gasteiger partial charge in [0.15, 0.2) is 0 Å². The molecule has 0 aliphatic rings. The summed E-state index contributed by atoms with van der Waals surface area (Å²) in [7, 11) is 0. The average Bonchev–Trinajstić information content (AvgIpc) is 2.61. The molecule has 0 aliphatic carbocycles. The van der Waals surface area contributed by atoms with E-state index in [2.05, 4.69) is 17.1 Å². The number of aliphatic hydroxyl groups excluding tert-OH is 1. The Kier molecular flexibility index (Phi) is 5.11. The van der Waals surface area contributed by atoms with Gasteiger partial charge in [-0.3, -0.25) is 0 Å². The summed E-state index contributed by atoms with van der Waals surface area (Å²) in [5.41, 5.74) is 3.91. The van der Waals surface area contributed by atoms with Crippen LogP contribution >= 0.6 is 11.8 Å². The Hall–Kier alpha value is -2.10. The highest BCUT2D eigenvalue weighted by molar-refractivity contribution is 7.98. The van der Waals surface area contributed by atoms with Gasteiger partial charge in [-0.25, -0.2) is 4.98 Å². The summed E-state index contributed by atoms with van der Waals surface area (Å²) in [5.74, 6) is 0.897. The first-order chi connectivity index (χ1) is 11.2. The zero-order valence-electron chi connectivity index (χ0n) is 13.0. The van der Waals surface area contributed by atoms with Crippen LogP contribution in [0.3, 0.4) is 0 Å². The van der Waals surface area contributed by atoms with Crippen LogP contribution in [0, 0.1) is 6.92 Å². The summed E-state index contributed by atoms with van der Waals surface area (Å²) in [5, 5.41) is 11.5. The SMILES string of the molecule is Cc1nc(SCc2ccccc2)ccc1C(O)c1ccccc1. The topological polar surface area (TPSA) is 33.1 Å². The molecule has 3 aromatic rings. The van der Waals surface area contributed by atoms with Crippen molar-refractivity contribution in [1.29, 1.82) is 0 Å². The molecule has 0 amide bonds. The highest BCUT2D eigenvalue weighted by Crippen LogP contribution is 2.27. The molecule has 3 heteroatoms. The Morgan fingerprint density at radius 2 is 1.57 bits per heavy atom. The van der Waals surface area contributed by atoms with Gasteiger partial charge in [-0.2, -0.15) is 0 Å². The van der Waals surface area contributed by atoms with Crippen molar-refractivity contribution in [3.63, 3.8) is 0 Å². The number of pyridine rings is 1. The molecule has 23 heavy (non-hydrogen) atoms. The molecule has 116 valence electrons. The number of aryl methyl sites for hydroxylation is 1. The second-order valence-corrected chi connectivity index (χ2v) is 6.41. The van der Waals surface area contributed by atoms with Gasteiger partial charge in [0.2, 0.25) is 0 Å². The standard InChI is InChI=1S/C20H19NOS/c1-15-18(20(22)17-10-6-3-7-11-17)12-13-19(21-15)23-14-16-8-4-2-5-9-16/h2-13,20,22H,14H2,1H3. The van der Waals surface area contributed by atoms with E-state index in [0.29, 0.717) is 0 Å². The number of hydrogen-bond acceptors (Lipinski definition) is 3. The molecule has 1 unspecified atom stereocenters. The first-order valence-electron chi connectivity index (χ1n) is 7.61. The highest BCUT2D eigenvalue weighted by Gasteiger charge is 2.14. The molecule has 0 bridgehead atoms. The molecule has 0 aliphatic heterocycles. The van der Waals surface area contributed by atoms with Gasteiger partial charge in [0.1, 0.15) is 6.10 Å². The van der Waals surface area contributed by atoms with Crippen LogP contribution in [0.2, 0.25) is 0 Å². The highest BCUT2D eigenvalue weighted by atomic mass is 32.2. The first-order valence-corrected chi connectivity index (χ1v) is 8.60. The van der Waals surface area contributed by atoms with Crippen LogP contribution in [0.4, 0.5) is 0 Å². The molecule has 3 rings (SSSR count).